The lowest BCUT2D eigenvalue weighted by molar-refractivity contribution is -0.117. The Balaban J connectivity index is 1.73. The first-order valence-electron chi connectivity index (χ1n) is 8.99. The van der Waals surface area contributed by atoms with Crippen LogP contribution in [-0.4, -0.2) is 32.1 Å². The molecule has 0 radical (unpaired) electrons. The molecule has 2 aromatic rings. The molecule has 29 heavy (non-hydrogen) atoms. The molecular weight excluding hydrogens is 382 g/mol. The van der Waals surface area contributed by atoms with E-state index >= 15 is 0 Å². The molecule has 6 nitrogen and oxygen atoms in total. The van der Waals surface area contributed by atoms with Gasteiger partial charge in [0, 0.05) is 36.0 Å². The Labute approximate surface area is 166 Å². The van der Waals surface area contributed by atoms with Gasteiger partial charge in [-0.3, -0.25) is 9.59 Å². The predicted molar refractivity (Wildman–Crippen MR) is 105 cm³/mol. The van der Waals surface area contributed by atoms with Gasteiger partial charge in [-0.15, -0.1) is 0 Å². The van der Waals surface area contributed by atoms with Crippen molar-refractivity contribution < 1.29 is 27.8 Å². The monoisotopic (exact) mass is 402 g/mol. The number of amides is 2. The minimum Gasteiger partial charge on any atom is -0.493 e. The molecule has 8 heteroatoms. The third-order valence-corrected chi connectivity index (χ3v) is 4.35. The van der Waals surface area contributed by atoms with Crippen molar-refractivity contribution in [3.63, 3.8) is 0 Å². The molecule has 3 rings (SSSR count). The van der Waals surface area contributed by atoms with Crippen molar-refractivity contribution in [2.24, 2.45) is 0 Å². The molecule has 0 aliphatic carbocycles. The number of para-hydroxylation sites is 1. The summed E-state index contributed by atoms with van der Waals surface area (Å²) >= 11 is 0. The maximum absolute atomic E-state index is 12.7. The molecule has 1 fully saturated rings. The van der Waals surface area contributed by atoms with Crippen LogP contribution < -0.4 is 19.7 Å². The smallest absolute Gasteiger partial charge is 0.387 e. The summed E-state index contributed by atoms with van der Waals surface area (Å²) in [5, 5.41) is 2.70. The van der Waals surface area contributed by atoms with E-state index in [2.05, 4.69) is 10.1 Å². The number of ether oxygens (including phenoxy) is 2. The normalized spacial score (nSPS) is 13.9. The van der Waals surface area contributed by atoms with E-state index < -0.39 is 12.5 Å². The number of nitrogens with zero attached hydrogens (tertiary/aromatic N) is 1. The highest BCUT2D eigenvalue weighted by Crippen LogP contribution is 2.33. The molecule has 1 heterocycles. The minimum atomic E-state index is -3.02. The molecule has 2 aromatic carbocycles. The Hall–Kier alpha value is -3.42. The number of alkyl halides is 2. The summed E-state index contributed by atoms with van der Waals surface area (Å²) in [4.78, 5) is 25.8. The van der Waals surface area contributed by atoms with Crippen molar-refractivity contribution in [3.05, 3.63) is 54.1 Å². The van der Waals surface area contributed by atoms with E-state index in [4.69, 9.17) is 4.74 Å². The van der Waals surface area contributed by atoms with Crippen LogP contribution in [0.3, 0.4) is 0 Å². The van der Waals surface area contributed by atoms with Crippen LogP contribution in [0.1, 0.15) is 18.4 Å². The van der Waals surface area contributed by atoms with E-state index in [1.165, 1.54) is 31.4 Å². The summed E-state index contributed by atoms with van der Waals surface area (Å²) < 4.78 is 34.9. The van der Waals surface area contributed by atoms with Crippen LogP contribution in [0.2, 0.25) is 0 Å². The van der Waals surface area contributed by atoms with Gasteiger partial charge in [0.1, 0.15) is 0 Å². The molecule has 0 atom stereocenters. The van der Waals surface area contributed by atoms with Crippen molar-refractivity contribution in [1.29, 1.82) is 0 Å². The van der Waals surface area contributed by atoms with Crippen molar-refractivity contribution in [3.8, 4) is 11.5 Å². The zero-order chi connectivity index (χ0) is 20.8. The molecule has 0 aromatic heterocycles. The van der Waals surface area contributed by atoms with Crippen LogP contribution in [0, 0.1) is 0 Å². The molecule has 1 N–H and O–H groups in total. The Kier molecular flexibility index (Phi) is 6.43. The highest BCUT2D eigenvalue weighted by molar-refractivity contribution is 6.03. The zero-order valence-electron chi connectivity index (χ0n) is 15.7. The molecule has 0 saturated carbocycles. The number of hydrogen-bond donors (Lipinski definition) is 1. The average Bonchev–Trinajstić information content (AvgIpc) is 3.13. The lowest BCUT2D eigenvalue weighted by Gasteiger charge is -2.16. The first-order valence-corrected chi connectivity index (χ1v) is 8.99. The van der Waals surface area contributed by atoms with Gasteiger partial charge in [0.25, 0.3) is 0 Å². The number of carbonyl (C=O) groups excluding carboxylic acids is 2. The summed E-state index contributed by atoms with van der Waals surface area (Å²) in [7, 11) is 1.34. The fraction of sp³-hybridized carbons (Fsp3) is 0.238. The van der Waals surface area contributed by atoms with Gasteiger partial charge >= 0.3 is 6.61 Å². The number of rotatable bonds is 7. The zero-order valence-corrected chi connectivity index (χ0v) is 15.7. The fourth-order valence-electron chi connectivity index (χ4n) is 3.06. The number of benzene rings is 2. The van der Waals surface area contributed by atoms with E-state index in [0.29, 0.717) is 18.7 Å². The number of carbonyl (C=O) groups is 2. The standard InChI is InChI=1S/C21H20F2N2O4/c1-28-17-8-2-5-14(20(17)29-21(22)23)10-11-18(26)24-15-6-3-7-16(13-15)25-12-4-9-19(25)27/h2-3,5-8,10-11,13,21H,4,9,12H2,1H3,(H,24,26)/b11-10+. The highest BCUT2D eigenvalue weighted by atomic mass is 19.3. The van der Waals surface area contributed by atoms with Crippen LogP contribution in [-0.2, 0) is 9.59 Å². The van der Waals surface area contributed by atoms with E-state index in [9.17, 15) is 18.4 Å². The molecule has 0 unspecified atom stereocenters. The van der Waals surface area contributed by atoms with Gasteiger partial charge in [-0.2, -0.15) is 8.78 Å². The number of halogens is 2. The minimum absolute atomic E-state index is 0.0537. The summed E-state index contributed by atoms with van der Waals surface area (Å²) in [6, 6.07) is 11.6. The number of nitrogens with one attached hydrogen (secondary N) is 1. The molecule has 152 valence electrons. The van der Waals surface area contributed by atoms with E-state index in [0.717, 1.165) is 12.1 Å². The molecule has 1 saturated heterocycles. The van der Waals surface area contributed by atoms with Gasteiger partial charge in [0.05, 0.1) is 7.11 Å². The van der Waals surface area contributed by atoms with Crippen LogP contribution >= 0.6 is 0 Å². The first kappa shape index (κ1) is 20.3. The Morgan fingerprint density at radius 2 is 2.03 bits per heavy atom. The molecule has 2 amide bonds. The number of anilines is 2. The highest BCUT2D eigenvalue weighted by Gasteiger charge is 2.21. The fourth-order valence-corrected chi connectivity index (χ4v) is 3.06. The van der Waals surface area contributed by atoms with Crippen molar-refractivity contribution >= 4 is 29.3 Å². The van der Waals surface area contributed by atoms with E-state index in [-0.39, 0.29) is 23.0 Å². The van der Waals surface area contributed by atoms with Gasteiger partial charge in [-0.05, 0) is 36.8 Å². The Bertz CT molecular complexity index is 931. The van der Waals surface area contributed by atoms with Gasteiger partial charge in [0.15, 0.2) is 11.5 Å². The van der Waals surface area contributed by atoms with Crippen LogP contribution in [0.25, 0.3) is 6.08 Å². The molecular formula is C21H20F2N2O4. The quantitative estimate of drug-likeness (QED) is 0.709. The molecule has 0 spiro atoms. The molecule has 1 aliphatic heterocycles. The summed E-state index contributed by atoms with van der Waals surface area (Å²) in [5.41, 5.74) is 1.51. The average molecular weight is 402 g/mol. The van der Waals surface area contributed by atoms with Crippen molar-refractivity contribution in [2.75, 3.05) is 23.9 Å². The second kappa shape index (κ2) is 9.18. The predicted octanol–water partition coefficient (Wildman–Crippen LogP) is 4.08. The molecule has 0 bridgehead atoms. The van der Waals surface area contributed by atoms with Gasteiger partial charge in [-0.1, -0.05) is 18.2 Å². The van der Waals surface area contributed by atoms with Crippen LogP contribution in [0.15, 0.2) is 48.5 Å². The van der Waals surface area contributed by atoms with E-state index in [1.807, 2.05) is 0 Å². The summed E-state index contributed by atoms with van der Waals surface area (Å²) in [6.45, 7) is -2.37. The Morgan fingerprint density at radius 1 is 1.24 bits per heavy atom. The number of hydrogen-bond acceptors (Lipinski definition) is 4. The third kappa shape index (κ3) is 5.10. The second-order valence-electron chi connectivity index (χ2n) is 6.28. The summed E-state index contributed by atoms with van der Waals surface area (Å²) in [5.74, 6) is -0.418. The Morgan fingerprint density at radius 3 is 2.72 bits per heavy atom. The van der Waals surface area contributed by atoms with Gasteiger partial charge in [-0.25, -0.2) is 0 Å². The topological polar surface area (TPSA) is 67.9 Å². The van der Waals surface area contributed by atoms with Crippen molar-refractivity contribution in [1.82, 2.24) is 0 Å². The second-order valence-corrected chi connectivity index (χ2v) is 6.28. The molecule has 1 aliphatic rings. The van der Waals surface area contributed by atoms with Gasteiger partial charge < -0.3 is 19.7 Å². The third-order valence-electron chi connectivity index (χ3n) is 4.35. The van der Waals surface area contributed by atoms with E-state index in [1.54, 1.807) is 35.2 Å². The maximum Gasteiger partial charge on any atom is 0.387 e. The largest absolute Gasteiger partial charge is 0.493 e. The van der Waals surface area contributed by atoms with Crippen LogP contribution in [0.4, 0.5) is 20.2 Å². The maximum atomic E-state index is 12.7. The van der Waals surface area contributed by atoms with Crippen molar-refractivity contribution in [2.45, 2.75) is 19.5 Å². The lowest BCUT2D eigenvalue weighted by Crippen LogP contribution is -2.23. The lowest BCUT2D eigenvalue weighted by atomic mass is 10.1. The number of methoxy groups -OCH3 is 1. The first-order chi connectivity index (χ1) is 14.0. The van der Waals surface area contributed by atoms with Gasteiger partial charge in [0.2, 0.25) is 11.8 Å². The summed E-state index contributed by atoms with van der Waals surface area (Å²) in [6.07, 6.45) is 3.90. The van der Waals surface area contributed by atoms with Crippen LogP contribution in [0.5, 0.6) is 11.5 Å². The SMILES string of the molecule is COc1cccc(/C=C/C(=O)Nc2cccc(N3CCCC3=O)c2)c1OC(F)F.